The molecule has 0 atom stereocenters. The van der Waals surface area contributed by atoms with Crippen LogP contribution >= 0.6 is 0 Å². The minimum absolute atomic E-state index is 0.145. The first-order chi connectivity index (χ1) is 7.72. The number of ketones is 1. The molecule has 0 aromatic heterocycles. The largest absolute Gasteiger partial charge is 0.458 e. The number of ether oxygens (including phenoxy) is 1. The van der Waals surface area contributed by atoms with E-state index in [0.717, 1.165) is 11.5 Å². The molecule has 16 heavy (non-hydrogen) atoms. The molecule has 0 bridgehead atoms. The molecule has 0 fully saturated rings. The van der Waals surface area contributed by atoms with E-state index < -0.39 is 0 Å². The third-order valence-electron chi connectivity index (χ3n) is 1.95. The molecule has 0 spiro atoms. The molecule has 0 heterocycles. The predicted molar refractivity (Wildman–Crippen MR) is 65.3 cm³/mol. The van der Waals surface area contributed by atoms with E-state index in [1.807, 2.05) is 49.4 Å². The Morgan fingerprint density at radius 3 is 2.56 bits per heavy atom. The summed E-state index contributed by atoms with van der Waals surface area (Å²) in [7, 11) is 0. The summed E-state index contributed by atoms with van der Waals surface area (Å²) < 4.78 is 5.61. The molecule has 0 aliphatic heterocycles. The Balaban J connectivity index is 2.57. The molecule has 2 heteroatoms. The highest BCUT2D eigenvalue weighted by molar-refractivity contribution is 5.77. The maximum atomic E-state index is 10.8. The van der Waals surface area contributed by atoms with Crippen molar-refractivity contribution in [2.45, 2.75) is 20.3 Å². The molecular weight excluding hydrogens is 200 g/mol. The number of hydrogen-bond acceptors (Lipinski definition) is 2. The topological polar surface area (TPSA) is 26.3 Å². The van der Waals surface area contributed by atoms with Gasteiger partial charge in [0.2, 0.25) is 0 Å². The van der Waals surface area contributed by atoms with Crippen LogP contribution in [0.15, 0.2) is 54.3 Å². The lowest BCUT2D eigenvalue weighted by atomic mass is 10.3. The van der Waals surface area contributed by atoms with Crippen LogP contribution in [0.25, 0.3) is 0 Å². The SMILES string of the molecule is C/C=C(\C=C\CC(C)=O)Oc1ccccc1. The summed E-state index contributed by atoms with van der Waals surface area (Å²) in [6.07, 6.45) is 5.92. The summed E-state index contributed by atoms with van der Waals surface area (Å²) >= 11 is 0. The number of benzene rings is 1. The molecule has 0 aliphatic carbocycles. The van der Waals surface area contributed by atoms with Gasteiger partial charge < -0.3 is 4.74 Å². The van der Waals surface area contributed by atoms with Crippen LogP contribution in [0.5, 0.6) is 5.75 Å². The molecule has 1 rings (SSSR count). The number of hydrogen-bond donors (Lipinski definition) is 0. The maximum absolute atomic E-state index is 10.8. The molecule has 0 saturated heterocycles. The lowest BCUT2D eigenvalue weighted by Crippen LogP contribution is -1.92. The zero-order valence-corrected chi connectivity index (χ0v) is 9.64. The average Bonchev–Trinajstić information content (AvgIpc) is 2.28. The molecular formula is C14H16O2. The van der Waals surface area contributed by atoms with Crippen molar-refractivity contribution in [2.75, 3.05) is 0 Å². The maximum Gasteiger partial charge on any atom is 0.133 e. The number of carbonyl (C=O) groups excluding carboxylic acids is 1. The van der Waals surface area contributed by atoms with E-state index in [2.05, 4.69) is 0 Å². The van der Waals surface area contributed by atoms with E-state index in [9.17, 15) is 4.79 Å². The molecule has 0 radical (unpaired) electrons. The Hall–Kier alpha value is -1.83. The minimum atomic E-state index is 0.145. The van der Waals surface area contributed by atoms with Crippen molar-refractivity contribution in [1.82, 2.24) is 0 Å². The van der Waals surface area contributed by atoms with E-state index in [-0.39, 0.29) is 5.78 Å². The summed E-state index contributed by atoms with van der Waals surface area (Å²) in [6, 6.07) is 9.56. The molecule has 0 unspecified atom stereocenters. The highest BCUT2D eigenvalue weighted by Gasteiger charge is 1.95. The number of para-hydroxylation sites is 1. The Labute approximate surface area is 96.2 Å². The Bertz CT molecular complexity index is 388. The van der Waals surface area contributed by atoms with Crippen LogP contribution in [0, 0.1) is 0 Å². The zero-order chi connectivity index (χ0) is 11.8. The van der Waals surface area contributed by atoms with Crippen molar-refractivity contribution in [2.24, 2.45) is 0 Å². The quantitative estimate of drug-likeness (QED) is 0.556. The summed E-state index contributed by atoms with van der Waals surface area (Å²) in [5, 5.41) is 0. The van der Waals surface area contributed by atoms with Crippen molar-refractivity contribution in [3.63, 3.8) is 0 Å². The molecule has 2 nitrogen and oxygen atoms in total. The van der Waals surface area contributed by atoms with E-state index >= 15 is 0 Å². The van der Waals surface area contributed by atoms with Crippen molar-refractivity contribution < 1.29 is 9.53 Å². The van der Waals surface area contributed by atoms with Crippen molar-refractivity contribution >= 4 is 5.78 Å². The van der Waals surface area contributed by atoms with Gasteiger partial charge >= 0.3 is 0 Å². The van der Waals surface area contributed by atoms with Crippen molar-refractivity contribution in [3.05, 3.63) is 54.3 Å². The van der Waals surface area contributed by atoms with Gasteiger partial charge in [0.15, 0.2) is 0 Å². The number of allylic oxidation sites excluding steroid dienone is 3. The van der Waals surface area contributed by atoms with Gasteiger partial charge in [-0.25, -0.2) is 0 Å². The van der Waals surface area contributed by atoms with E-state index in [0.29, 0.717) is 6.42 Å². The predicted octanol–water partition coefficient (Wildman–Crippen LogP) is 3.50. The van der Waals surface area contributed by atoms with Crippen LogP contribution in [0.3, 0.4) is 0 Å². The van der Waals surface area contributed by atoms with Crippen LogP contribution in [-0.2, 0) is 4.79 Å². The first-order valence-electron chi connectivity index (χ1n) is 5.27. The molecule has 0 aliphatic rings. The fourth-order valence-electron chi connectivity index (χ4n) is 1.15. The van der Waals surface area contributed by atoms with Gasteiger partial charge in [-0.2, -0.15) is 0 Å². The van der Waals surface area contributed by atoms with Crippen LogP contribution in [-0.4, -0.2) is 5.78 Å². The highest BCUT2D eigenvalue weighted by atomic mass is 16.5. The highest BCUT2D eigenvalue weighted by Crippen LogP contribution is 2.13. The molecule has 0 amide bonds. The van der Waals surface area contributed by atoms with E-state index in [1.54, 1.807) is 13.0 Å². The lowest BCUT2D eigenvalue weighted by molar-refractivity contribution is -0.116. The molecule has 1 aromatic carbocycles. The Morgan fingerprint density at radius 2 is 2.00 bits per heavy atom. The fourth-order valence-corrected chi connectivity index (χ4v) is 1.15. The van der Waals surface area contributed by atoms with Gasteiger partial charge in [-0.05, 0) is 38.1 Å². The third kappa shape index (κ3) is 4.60. The summed E-state index contributed by atoms with van der Waals surface area (Å²) in [6.45, 7) is 3.47. The number of Topliss-reactive ketones (excluding diaryl/α,β-unsaturated/α-hetero) is 1. The number of carbonyl (C=O) groups is 1. The molecule has 84 valence electrons. The first kappa shape index (κ1) is 12.2. The van der Waals surface area contributed by atoms with Gasteiger partial charge in [0.05, 0.1) is 0 Å². The Morgan fingerprint density at radius 1 is 1.31 bits per heavy atom. The van der Waals surface area contributed by atoms with Crippen LogP contribution in [0.4, 0.5) is 0 Å². The molecule has 0 saturated carbocycles. The smallest absolute Gasteiger partial charge is 0.133 e. The van der Waals surface area contributed by atoms with Gasteiger partial charge in [0, 0.05) is 6.42 Å². The van der Waals surface area contributed by atoms with Gasteiger partial charge in [-0.15, -0.1) is 0 Å². The second kappa shape index (κ2) is 6.62. The van der Waals surface area contributed by atoms with Gasteiger partial charge in [0.25, 0.3) is 0 Å². The summed E-state index contributed by atoms with van der Waals surface area (Å²) in [5.74, 6) is 1.68. The van der Waals surface area contributed by atoms with Crippen LogP contribution in [0.2, 0.25) is 0 Å². The van der Waals surface area contributed by atoms with Crippen molar-refractivity contribution in [1.29, 1.82) is 0 Å². The monoisotopic (exact) mass is 216 g/mol. The van der Waals surface area contributed by atoms with Crippen molar-refractivity contribution in [3.8, 4) is 5.75 Å². The minimum Gasteiger partial charge on any atom is -0.458 e. The van der Waals surface area contributed by atoms with Crippen LogP contribution in [0.1, 0.15) is 20.3 Å². The number of rotatable bonds is 5. The second-order valence-corrected chi connectivity index (χ2v) is 3.41. The zero-order valence-electron chi connectivity index (χ0n) is 9.64. The first-order valence-corrected chi connectivity index (χ1v) is 5.27. The average molecular weight is 216 g/mol. The third-order valence-corrected chi connectivity index (χ3v) is 1.95. The standard InChI is InChI=1S/C14H16O2/c1-3-13(11-7-8-12(2)15)16-14-9-5-4-6-10-14/h3-7,9-11H,8H2,1-2H3/b11-7+,13-3+. The molecule has 1 aromatic rings. The fraction of sp³-hybridized carbons (Fsp3) is 0.214. The van der Waals surface area contributed by atoms with E-state index in [1.165, 1.54) is 0 Å². The van der Waals surface area contributed by atoms with Crippen LogP contribution < -0.4 is 4.74 Å². The van der Waals surface area contributed by atoms with Gasteiger partial charge in [-0.1, -0.05) is 24.3 Å². The van der Waals surface area contributed by atoms with E-state index in [4.69, 9.17) is 4.74 Å². The summed E-state index contributed by atoms with van der Waals surface area (Å²) in [4.78, 5) is 10.8. The van der Waals surface area contributed by atoms with Gasteiger partial charge in [0.1, 0.15) is 17.3 Å². The van der Waals surface area contributed by atoms with Gasteiger partial charge in [-0.3, -0.25) is 4.79 Å². The second-order valence-electron chi connectivity index (χ2n) is 3.41. The normalized spacial score (nSPS) is 11.8. The molecule has 0 N–H and O–H groups in total. The lowest BCUT2D eigenvalue weighted by Gasteiger charge is -2.05. The Kier molecular flexibility index (Phi) is 5.06. The summed E-state index contributed by atoms with van der Waals surface area (Å²) in [5.41, 5.74) is 0.